The molecule has 110 valence electrons. The SMILES string of the molecule is CC(C)c1nnsc1C(=O)NC1c2ccccc2CC1O. The molecule has 21 heavy (non-hydrogen) atoms. The van der Waals surface area contributed by atoms with Crippen LogP contribution in [0, 0.1) is 0 Å². The van der Waals surface area contributed by atoms with Crippen LogP contribution in [-0.2, 0) is 6.42 Å². The predicted molar refractivity (Wildman–Crippen MR) is 80.4 cm³/mol. The summed E-state index contributed by atoms with van der Waals surface area (Å²) in [6.07, 6.45) is -0.0197. The zero-order valence-corrected chi connectivity index (χ0v) is 12.7. The molecule has 1 heterocycles. The van der Waals surface area contributed by atoms with Crippen molar-refractivity contribution in [1.29, 1.82) is 0 Å². The summed E-state index contributed by atoms with van der Waals surface area (Å²) in [5.74, 6) is -0.0697. The van der Waals surface area contributed by atoms with Crippen molar-refractivity contribution in [3.05, 3.63) is 46.0 Å². The molecule has 1 aromatic carbocycles. The Labute approximate surface area is 127 Å². The third-order valence-electron chi connectivity index (χ3n) is 3.76. The molecular formula is C15H17N3O2S. The lowest BCUT2D eigenvalue weighted by Gasteiger charge is -2.17. The topological polar surface area (TPSA) is 75.1 Å². The van der Waals surface area contributed by atoms with Crippen LogP contribution < -0.4 is 5.32 Å². The van der Waals surface area contributed by atoms with Gasteiger partial charge in [-0.25, -0.2) is 0 Å². The van der Waals surface area contributed by atoms with Gasteiger partial charge in [-0.15, -0.1) is 5.10 Å². The number of benzene rings is 1. The average molecular weight is 303 g/mol. The first-order chi connectivity index (χ1) is 10.1. The molecule has 0 bridgehead atoms. The van der Waals surface area contributed by atoms with Gasteiger partial charge in [0.25, 0.3) is 5.91 Å². The van der Waals surface area contributed by atoms with Crippen LogP contribution in [-0.4, -0.2) is 26.7 Å². The molecule has 2 atom stereocenters. The Morgan fingerprint density at radius 2 is 2.19 bits per heavy atom. The highest BCUT2D eigenvalue weighted by atomic mass is 32.1. The molecule has 0 radical (unpaired) electrons. The first-order valence-electron chi connectivity index (χ1n) is 6.97. The number of amides is 1. The molecule has 2 unspecified atom stereocenters. The van der Waals surface area contributed by atoms with Crippen LogP contribution in [0.25, 0.3) is 0 Å². The van der Waals surface area contributed by atoms with Crippen molar-refractivity contribution in [3.8, 4) is 0 Å². The number of carbonyl (C=O) groups excluding carboxylic acids is 1. The standard InChI is InChI=1S/C15H17N3O2S/c1-8(2)12-14(21-18-17-12)15(20)16-13-10-6-4-3-5-9(10)7-11(13)19/h3-6,8,11,13,19H,7H2,1-2H3,(H,16,20). The quantitative estimate of drug-likeness (QED) is 0.910. The maximum atomic E-state index is 12.5. The van der Waals surface area contributed by atoms with Crippen molar-refractivity contribution in [2.24, 2.45) is 0 Å². The van der Waals surface area contributed by atoms with E-state index in [1.807, 2.05) is 38.1 Å². The van der Waals surface area contributed by atoms with Crippen LogP contribution in [0.4, 0.5) is 0 Å². The van der Waals surface area contributed by atoms with Crippen molar-refractivity contribution in [2.75, 3.05) is 0 Å². The first-order valence-corrected chi connectivity index (χ1v) is 7.74. The summed E-state index contributed by atoms with van der Waals surface area (Å²) < 4.78 is 3.87. The van der Waals surface area contributed by atoms with Crippen molar-refractivity contribution < 1.29 is 9.90 Å². The molecule has 2 aromatic rings. The minimum Gasteiger partial charge on any atom is -0.390 e. The largest absolute Gasteiger partial charge is 0.390 e. The van der Waals surface area contributed by atoms with Crippen LogP contribution in [0.15, 0.2) is 24.3 Å². The van der Waals surface area contributed by atoms with Crippen LogP contribution in [0.3, 0.4) is 0 Å². The fraction of sp³-hybridized carbons (Fsp3) is 0.400. The van der Waals surface area contributed by atoms with E-state index in [0.29, 0.717) is 17.0 Å². The van der Waals surface area contributed by atoms with Crippen LogP contribution >= 0.6 is 11.5 Å². The number of nitrogens with zero attached hydrogens (tertiary/aromatic N) is 2. The molecule has 1 amide bonds. The molecule has 5 nitrogen and oxygen atoms in total. The van der Waals surface area contributed by atoms with E-state index < -0.39 is 6.10 Å². The molecule has 2 N–H and O–H groups in total. The number of carbonyl (C=O) groups is 1. The van der Waals surface area contributed by atoms with Crippen LogP contribution in [0.5, 0.6) is 0 Å². The minimum absolute atomic E-state index is 0.144. The van der Waals surface area contributed by atoms with Gasteiger partial charge in [0, 0.05) is 6.42 Å². The van der Waals surface area contributed by atoms with E-state index in [9.17, 15) is 9.90 Å². The summed E-state index contributed by atoms with van der Waals surface area (Å²) in [4.78, 5) is 13.0. The zero-order valence-electron chi connectivity index (χ0n) is 11.9. The molecule has 0 saturated carbocycles. The lowest BCUT2D eigenvalue weighted by molar-refractivity contribution is 0.0860. The summed E-state index contributed by atoms with van der Waals surface area (Å²) in [5.41, 5.74) is 2.78. The second kappa shape index (κ2) is 5.54. The normalized spacial score (nSPS) is 20.6. The molecule has 0 saturated heterocycles. The van der Waals surface area contributed by atoms with E-state index in [1.165, 1.54) is 0 Å². The smallest absolute Gasteiger partial charge is 0.265 e. The lowest BCUT2D eigenvalue weighted by atomic mass is 10.1. The summed E-state index contributed by atoms with van der Waals surface area (Å²) >= 11 is 1.10. The fourth-order valence-corrected chi connectivity index (χ4v) is 3.41. The van der Waals surface area contributed by atoms with Gasteiger partial charge in [-0.2, -0.15) is 0 Å². The molecule has 0 fully saturated rings. The van der Waals surface area contributed by atoms with Crippen molar-refractivity contribution in [3.63, 3.8) is 0 Å². The molecule has 1 aromatic heterocycles. The minimum atomic E-state index is -0.588. The van der Waals surface area contributed by atoms with E-state index in [2.05, 4.69) is 14.9 Å². The lowest BCUT2D eigenvalue weighted by Crippen LogP contribution is -2.34. The number of hydrogen-bond donors (Lipinski definition) is 2. The fourth-order valence-electron chi connectivity index (χ4n) is 2.69. The van der Waals surface area contributed by atoms with Gasteiger partial charge < -0.3 is 10.4 Å². The summed E-state index contributed by atoms with van der Waals surface area (Å²) in [5, 5.41) is 17.1. The average Bonchev–Trinajstić information content (AvgIpc) is 3.04. The van der Waals surface area contributed by atoms with E-state index in [4.69, 9.17) is 0 Å². The van der Waals surface area contributed by atoms with Crippen molar-refractivity contribution in [1.82, 2.24) is 14.9 Å². The van der Waals surface area contributed by atoms with E-state index in [0.717, 1.165) is 22.7 Å². The number of rotatable bonds is 3. The van der Waals surface area contributed by atoms with Gasteiger partial charge in [0.15, 0.2) is 0 Å². The monoisotopic (exact) mass is 303 g/mol. The van der Waals surface area contributed by atoms with Gasteiger partial charge in [-0.1, -0.05) is 42.6 Å². The molecule has 1 aliphatic rings. The number of aromatic nitrogens is 2. The number of nitrogens with one attached hydrogen (secondary N) is 1. The Hall–Kier alpha value is -1.79. The Morgan fingerprint density at radius 1 is 1.43 bits per heavy atom. The summed E-state index contributed by atoms with van der Waals surface area (Å²) in [6, 6.07) is 7.43. The van der Waals surface area contributed by atoms with E-state index in [-0.39, 0.29) is 17.9 Å². The molecular weight excluding hydrogens is 286 g/mol. The molecule has 0 spiro atoms. The molecule has 0 aliphatic heterocycles. The summed E-state index contributed by atoms with van der Waals surface area (Å²) in [6.45, 7) is 3.96. The van der Waals surface area contributed by atoms with Gasteiger partial charge in [0.2, 0.25) is 0 Å². The van der Waals surface area contributed by atoms with E-state index in [1.54, 1.807) is 0 Å². The molecule has 3 rings (SSSR count). The van der Waals surface area contributed by atoms with Gasteiger partial charge >= 0.3 is 0 Å². The Morgan fingerprint density at radius 3 is 2.95 bits per heavy atom. The first kappa shape index (κ1) is 14.2. The number of aliphatic hydroxyl groups is 1. The van der Waals surface area contributed by atoms with Gasteiger partial charge in [-0.05, 0) is 28.6 Å². The van der Waals surface area contributed by atoms with Gasteiger partial charge in [0.05, 0.1) is 17.8 Å². The third kappa shape index (κ3) is 2.56. The molecule has 6 heteroatoms. The van der Waals surface area contributed by atoms with Gasteiger partial charge in [0.1, 0.15) is 4.88 Å². The maximum Gasteiger partial charge on any atom is 0.265 e. The maximum absolute atomic E-state index is 12.5. The summed E-state index contributed by atoms with van der Waals surface area (Å²) in [7, 11) is 0. The van der Waals surface area contributed by atoms with Crippen LogP contribution in [0.2, 0.25) is 0 Å². The second-order valence-corrected chi connectivity index (χ2v) is 6.32. The highest BCUT2D eigenvalue weighted by Gasteiger charge is 2.33. The van der Waals surface area contributed by atoms with Gasteiger partial charge in [-0.3, -0.25) is 4.79 Å². The Balaban J connectivity index is 1.84. The van der Waals surface area contributed by atoms with E-state index >= 15 is 0 Å². The Bertz CT molecular complexity index is 668. The third-order valence-corrected chi connectivity index (χ3v) is 4.50. The second-order valence-electron chi connectivity index (χ2n) is 5.56. The van der Waals surface area contributed by atoms with Crippen molar-refractivity contribution >= 4 is 17.4 Å². The van der Waals surface area contributed by atoms with Crippen molar-refractivity contribution in [2.45, 2.75) is 38.3 Å². The molecule has 1 aliphatic carbocycles. The number of aliphatic hydroxyl groups excluding tert-OH is 1. The highest BCUT2D eigenvalue weighted by Crippen LogP contribution is 2.32. The Kier molecular flexibility index (Phi) is 3.73. The van der Waals surface area contributed by atoms with Crippen LogP contribution in [0.1, 0.15) is 52.3 Å². The number of fused-ring (bicyclic) bond motifs is 1. The predicted octanol–water partition coefficient (Wildman–Crippen LogP) is 2.05. The highest BCUT2D eigenvalue weighted by molar-refractivity contribution is 7.08. The zero-order chi connectivity index (χ0) is 15.0. The number of hydrogen-bond acceptors (Lipinski definition) is 5.